The van der Waals surface area contributed by atoms with Crippen molar-refractivity contribution in [1.82, 2.24) is 0 Å². The van der Waals surface area contributed by atoms with Crippen molar-refractivity contribution in [3.8, 4) is 5.75 Å². The molecule has 0 radical (unpaired) electrons. The van der Waals surface area contributed by atoms with Crippen LogP contribution < -0.4 is 4.74 Å². The average Bonchev–Trinajstić information content (AvgIpc) is 2.99. The van der Waals surface area contributed by atoms with Crippen LogP contribution in [0.15, 0.2) is 35.7 Å². The Kier molecular flexibility index (Phi) is 2.88. The van der Waals surface area contributed by atoms with Crippen molar-refractivity contribution in [2.45, 2.75) is 24.9 Å². The molecule has 1 aromatic heterocycles. The van der Waals surface area contributed by atoms with Crippen LogP contribution in [0.3, 0.4) is 0 Å². The zero-order valence-corrected chi connectivity index (χ0v) is 11.2. The summed E-state index contributed by atoms with van der Waals surface area (Å²) in [7, 11) is 1.66. The highest BCUT2D eigenvalue weighted by molar-refractivity contribution is 7.09. The van der Waals surface area contributed by atoms with Crippen molar-refractivity contribution in [2.75, 3.05) is 7.11 Å². The van der Waals surface area contributed by atoms with Gasteiger partial charge in [0, 0.05) is 11.3 Å². The molecule has 1 aliphatic rings. The van der Waals surface area contributed by atoms with E-state index < -0.39 is 5.60 Å². The van der Waals surface area contributed by atoms with Gasteiger partial charge in [-0.2, -0.15) is 0 Å². The Hall–Kier alpha value is -1.32. The van der Waals surface area contributed by atoms with E-state index in [1.54, 1.807) is 18.4 Å². The van der Waals surface area contributed by atoms with Crippen LogP contribution in [-0.2, 0) is 18.4 Å². The zero-order chi connectivity index (χ0) is 12.6. The van der Waals surface area contributed by atoms with E-state index in [1.165, 1.54) is 10.4 Å². The molecule has 3 heteroatoms. The van der Waals surface area contributed by atoms with Gasteiger partial charge in [-0.15, -0.1) is 11.3 Å². The Labute approximate surface area is 111 Å². The Morgan fingerprint density at radius 2 is 2.28 bits per heavy atom. The third-order valence-electron chi connectivity index (χ3n) is 3.67. The van der Waals surface area contributed by atoms with E-state index in [0.29, 0.717) is 6.42 Å². The van der Waals surface area contributed by atoms with Gasteiger partial charge < -0.3 is 9.84 Å². The molecule has 1 unspecified atom stereocenters. The van der Waals surface area contributed by atoms with Gasteiger partial charge in [-0.25, -0.2) is 0 Å². The molecule has 1 heterocycles. The molecule has 94 valence electrons. The van der Waals surface area contributed by atoms with E-state index in [1.807, 2.05) is 18.2 Å². The lowest BCUT2D eigenvalue weighted by Crippen LogP contribution is -2.24. The fourth-order valence-electron chi connectivity index (χ4n) is 2.69. The molecular formula is C15H16O2S. The SMILES string of the molecule is COc1ccc2c(c1)C(O)(Cc1cccs1)CC2. The molecule has 0 fully saturated rings. The number of hydrogen-bond acceptors (Lipinski definition) is 3. The monoisotopic (exact) mass is 260 g/mol. The number of rotatable bonds is 3. The molecule has 18 heavy (non-hydrogen) atoms. The Morgan fingerprint density at radius 1 is 1.39 bits per heavy atom. The molecule has 0 amide bonds. The second-order valence-electron chi connectivity index (χ2n) is 4.81. The molecule has 3 rings (SSSR count). The van der Waals surface area contributed by atoms with Crippen LogP contribution in [0, 0.1) is 0 Å². The number of ether oxygens (including phenoxy) is 1. The molecule has 0 bridgehead atoms. The maximum atomic E-state index is 10.9. The molecular weight excluding hydrogens is 244 g/mol. The Morgan fingerprint density at radius 3 is 3.00 bits per heavy atom. The number of aliphatic hydroxyl groups is 1. The minimum Gasteiger partial charge on any atom is -0.497 e. The smallest absolute Gasteiger partial charge is 0.119 e. The van der Waals surface area contributed by atoms with Crippen LogP contribution in [-0.4, -0.2) is 12.2 Å². The summed E-state index contributed by atoms with van der Waals surface area (Å²) in [5, 5.41) is 12.9. The third-order valence-corrected chi connectivity index (χ3v) is 4.55. The zero-order valence-electron chi connectivity index (χ0n) is 10.3. The molecule has 1 atom stereocenters. The normalized spacial score (nSPS) is 21.9. The van der Waals surface area contributed by atoms with Crippen molar-refractivity contribution in [3.63, 3.8) is 0 Å². The highest BCUT2D eigenvalue weighted by atomic mass is 32.1. The first kappa shape index (κ1) is 11.8. The van der Waals surface area contributed by atoms with Crippen LogP contribution in [0.1, 0.15) is 22.4 Å². The van der Waals surface area contributed by atoms with Gasteiger partial charge in [0.15, 0.2) is 0 Å². The van der Waals surface area contributed by atoms with E-state index in [-0.39, 0.29) is 0 Å². The van der Waals surface area contributed by atoms with Gasteiger partial charge in [0.2, 0.25) is 0 Å². The highest BCUT2D eigenvalue weighted by Crippen LogP contribution is 2.41. The quantitative estimate of drug-likeness (QED) is 0.918. The van der Waals surface area contributed by atoms with Gasteiger partial charge in [-0.1, -0.05) is 12.1 Å². The number of aryl methyl sites for hydroxylation is 1. The first-order valence-electron chi connectivity index (χ1n) is 6.13. The van der Waals surface area contributed by atoms with Crippen molar-refractivity contribution >= 4 is 11.3 Å². The van der Waals surface area contributed by atoms with Crippen molar-refractivity contribution in [1.29, 1.82) is 0 Å². The van der Waals surface area contributed by atoms with E-state index in [2.05, 4.69) is 17.5 Å². The summed E-state index contributed by atoms with van der Waals surface area (Å²) in [6, 6.07) is 10.1. The van der Waals surface area contributed by atoms with Gasteiger partial charge in [0.1, 0.15) is 5.75 Å². The van der Waals surface area contributed by atoms with Gasteiger partial charge in [0.25, 0.3) is 0 Å². The standard InChI is InChI=1S/C15H16O2S/c1-17-12-5-4-11-6-7-15(16,14(11)9-12)10-13-3-2-8-18-13/h2-5,8-9,16H,6-7,10H2,1H3. The fourth-order valence-corrected chi connectivity index (χ4v) is 3.51. The minimum atomic E-state index is -0.727. The number of methoxy groups -OCH3 is 1. The first-order valence-corrected chi connectivity index (χ1v) is 7.01. The van der Waals surface area contributed by atoms with Crippen molar-refractivity contribution in [2.24, 2.45) is 0 Å². The Bertz CT molecular complexity index is 548. The van der Waals surface area contributed by atoms with Crippen LogP contribution in [0.4, 0.5) is 0 Å². The van der Waals surface area contributed by atoms with Crippen LogP contribution >= 0.6 is 11.3 Å². The lowest BCUT2D eigenvalue weighted by atomic mass is 9.91. The molecule has 0 aliphatic heterocycles. The number of benzene rings is 1. The van der Waals surface area contributed by atoms with Gasteiger partial charge in [-0.05, 0) is 47.5 Å². The summed E-state index contributed by atoms with van der Waals surface area (Å²) in [5.74, 6) is 0.820. The molecule has 1 N–H and O–H groups in total. The van der Waals surface area contributed by atoms with Crippen LogP contribution in [0.25, 0.3) is 0 Å². The van der Waals surface area contributed by atoms with Gasteiger partial charge >= 0.3 is 0 Å². The second kappa shape index (κ2) is 4.41. The average molecular weight is 260 g/mol. The second-order valence-corrected chi connectivity index (χ2v) is 5.84. The largest absolute Gasteiger partial charge is 0.497 e. The molecule has 1 aromatic carbocycles. The molecule has 0 saturated heterocycles. The molecule has 2 nitrogen and oxygen atoms in total. The van der Waals surface area contributed by atoms with E-state index >= 15 is 0 Å². The fraction of sp³-hybridized carbons (Fsp3) is 0.333. The first-order chi connectivity index (χ1) is 8.71. The van der Waals surface area contributed by atoms with Gasteiger partial charge in [0.05, 0.1) is 12.7 Å². The molecule has 0 spiro atoms. The predicted octanol–water partition coefficient (Wildman–Crippen LogP) is 3.13. The topological polar surface area (TPSA) is 29.5 Å². The number of fused-ring (bicyclic) bond motifs is 1. The summed E-state index contributed by atoms with van der Waals surface area (Å²) in [6.07, 6.45) is 2.44. The number of thiophene rings is 1. The maximum absolute atomic E-state index is 10.9. The maximum Gasteiger partial charge on any atom is 0.119 e. The highest BCUT2D eigenvalue weighted by Gasteiger charge is 2.37. The summed E-state index contributed by atoms with van der Waals surface area (Å²) in [6.45, 7) is 0. The molecule has 1 aliphatic carbocycles. The lowest BCUT2D eigenvalue weighted by Gasteiger charge is -2.23. The van der Waals surface area contributed by atoms with Gasteiger partial charge in [-0.3, -0.25) is 0 Å². The summed E-state index contributed by atoms with van der Waals surface area (Å²) in [5.41, 5.74) is 1.56. The third kappa shape index (κ3) is 1.93. The number of hydrogen-bond donors (Lipinski definition) is 1. The Balaban J connectivity index is 1.96. The molecule has 2 aromatic rings. The lowest BCUT2D eigenvalue weighted by molar-refractivity contribution is 0.0396. The minimum absolute atomic E-state index is 0.699. The summed E-state index contributed by atoms with van der Waals surface area (Å²) >= 11 is 1.70. The van der Waals surface area contributed by atoms with Crippen LogP contribution in [0.2, 0.25) is 0 Å². The molecule has 0 saturated carbocycles. The van der Waals surface area contributed by atoms with Crippen molar-refractivity contribution in [3.05, 3.63) is 51.7 Å². The predicted molar refractivity (Wildman–Crippen MR) is 73.2 cm³/mol. The van der Waals surface area contributed by atoms with Crippen LogP contribution in [0.5, 0.6) is 5.75 Å². The van der Waals surface area contributed by atoms with E-state index in [0.717, 1.165) is 24.2 Å². The summed E-state index contributed by atoms with van der Waals surface area (Å²) < 4.78 is 5.26. The van der Waals surface area contributed by atoms with E-state index in [4.69, 9.17) is 4.74 Å². The van der Waals surface area contributed by atoms with E-state index in [9.17, 15) is 5.11 Å². The van der Waals surface area contributed by atoms with Crippen molar-refractivity contribution < 1.29 is 9.84 Å². The summed E-state index contributed by atoms with van der Waals surface area (Å²) in [4.78, 5) is 1.23.